The van der Waals surface area contributed by atoms with Gasteiger partial charge in [0.25, 0.3) is 5.91 Å². The Hall–Kier alpha value is -1.78. The number of aryl methyl sites for hydroxylation is 1. The van der Waals surface area contributed by atoms with Gasteiger partial charge in [-0.2, -0.15) is 5.10 Å². The highest BCUT2D eigenvalue weighted by Gasteiger charge is 2.29. The van der Waals surface area contributed by atoms with E-state index in [1.807, 2.05) is 6.92 Å². The quantitative estimate of drug-likeness (QED) is 0.475. The lowest BCUT2D eigenvalue weighted by Crippen LogP contribution is -2.34. The molecule has 0 fully saturated rings. The largest absolute Gasteiger partial charge is 0.462 e. The van der Waals surface area contributed by atoms with Crippen LogP contribution in [0.2, 0.25) is 0 Å². The Labute approximate surface area is 187 Å². The maximum atomic E-state index is 12.6. The normalized spacial score (nSPS) is 15.5. The molecule has 2 heterocycles. The summed E-state index contributed by atoms with van der Waals surface area (Å²) >= 11 is 10.2. The molecular formula is C19H23BrN4O3S2. The summed E-state index contributed by atoms with van der Waals surface area (Å²) in [5, 5.41) is 10.6. The summed E-state index contributed by atoms with van der Waals surface area (Å²) in [6.45, 7) is 6.87. The van der Waals surface area contributed by atoms with E-state index in [-0.39, 0.29) is 16.8 Å². The van der Waals surface area contributed by atoms with Crippen molar-refractivity contribution in [3.63, 3.8) is 0 Å². The van der Waals surface area contributed by atoms with Gasteiger partial charge in [-0.25, -0.2) is 4.79 Å². The molecule has 1 aliphatic carbocycles. The van der Waals surface area contributed by atoms with Gasteiger partial charge >= 0.3 is 5.97 Å². The average molecular weight is 499 g/mol. The second-order valence-electron chi connectivity index (χ2n) is 6.87. The van der Waals surface area contributed by atoms with Crippen molar-refractivity contribution in [2.24, 2.45) is 5.92 Å². The number of hydrogen-bond acceptors (Lipinski definition) is 6. The third-order valence-electron chi connectivity index (χ3n) is 4.70. The first-order valence-electron chi connectivity index (χ1n) is 9.50. The topological polar surface area (TPSA) is 85.2 Å². The molecule has 0 unspecified atom stereocenters. The molecule has 2 N–H and O–H groups in total. The first-order chi connectivity index (χ1) is 13.8. The molecule has 0 aliphatic heterocycles. The molecule has 156 valence electrons. The van der Waals surface area contributed by atoms with Crippen molar-refractivity contribution in [3.8, 4) is 0 Å². The van der Waals surface area contributed by atoms with E-state index in [2.05, 4.69) is 38.6 Å². The Balaban J connectivity index is 1.79. The van der Waals surface area contributed by atoms with E-state index in [0.717, 1.165) is 24.8 Å². The first-order valence-corrected chi connectivity index (χ1v) is 11.5. The highest BCUT2D eigenvalue weighted by Crippen LogP contribution is 2.40. The van der Waals surface area contributed by atoms with E-state index in [1.165, 1.54) is 16.2 Å². The van der Waals surface area contributed by atoms with E-state index in [1.54, 1.807) is 17.8 Å². The monoisotopic (exact) mass is 498 g/mol. The van der Waals surface area contributed by atoms with Gasteiger partial charge in [0.05, 0.1) is 16.6 Å². The number of thiophene rings is 1. The molecule has 0 bridgehead atoms. The van der Waals surface area contributed by atoms with Gasteiger partial charge in [-0.15, -0.1) is 11.3 Å². The van der Waals surface area contributed by atoms with Crippen LogP contribution in [0.25, 0.3) is 0 Å². The number of hydrogen-bond donors (Lipinski definition) is 2. The van der Waals surface area contributed by atoms with Crippen LogP contribution >= 0.6 is 39.5 Å². The fourth-order valence-corrected chi connectivity index (χ4v) is 5.43. The minimum atomic E-state index is -0.422. The number of carbonyl (C=O) groups is 2. The summed E-state index contributed by atoms with van der Waals surface area (Å²) in [5.41, 5.74) is 1.82. The van der Waals surface area contributed by atoms with Crippen molar-refractivity contribution in [2.45, 2.75) is 46.6 Å². The van der Waals surface area contributed by atoms with Crippen molar-refractivity contribution in [3.05, 3.63) is 32.4 Å². The van der Waals surface area contributed by atoms with Crippen LogP contribution in [0.3, 0.4) is 0 Å². The first kappa shape index (κ1) is 21.9. The van der Waals surface area contributed by atoms with Crippen LogP contribution in [0.4, 0.5) is 5.00 Å². The molecule has 1 aliphatic rings. The zero-order valence-electron chi connectivity index (χ0n) is 16.5. The molecule has 1 amide bonds. The lowest BCUT2D eigenvalue weighted by Gasteiger charge is -2.18. The Morgan fingerprint density at radius 2 is 2.21 bits per heavy atom. The zero-order chi connectivity index (χ0) is 21.1. The van der Waals surface area contributed by atoms with Gasteiger partial charge in [-0.3, -0.25) is 14.8 Å². The predicted molar refractivity (Wildman–Crippen MR) is 121 cm³/mol. The molecule has 3 rings (SSSR count). The summed E-state index contributed by atoms with van der Waals surface area (Å²) in [4.78, 5) is 26.3. The summed E-state index contributed by atoms with van der Waals surface area (Å²) in [7, 11) is 0. The third-order valence-corrected chi connectivity index (χ3v) is 6.66. The number of thiocarbonyl (C=S) groups is 1. The van der Waals surface area contributed by atoms with Gasteiger partial charge in [-0.05, 0) is 72.7 Å². The maximum Gasteiger partial charge on any atom is 0.341 e. The van der Waals surface area contributed by atoms with Crippen LogP contribution in [0.5, 0.6) is 0 Å². The number of amides is 1. The average Bonchev–Trinajstić information content (AvgIpc) is 3.21. The van der Waals surface area contributed by atoms with Crippen LogP contribution in [0, 0.1) is 5.92 Å². The Morgan fingerprint density at radius 3 is 2.86 bits per heavy atom. The predicted octanol–water partition coefficient (Wildman–Crippen LogP) is 4.16. The van der Waals surface area contributed by atoms with Crippen molar-refractivity contribution in [1.29, 1.82) is 0 Å². The highest BCUT2D eigenvalue weighted by atomic mass is 79.9. The number of ether oxygens (including phenoxy) is 1. The molecular weight excluding hydrogens is 476 g/mol. The van der Waals surface area contributed by atoms with Crippen LogP contribution in [0.15, 0.2) is 10.7 Å². The maximum absolute atomic E-state index is 12.6. The lowest BCUT2D eigenvalue weighted by atomic mass is 9.88. The van der Waals surface area contributed by atoms with Crippen molar-refractivity contribution in [1.82, 2.24) is 15.1 Å². The molecule has 10 heteroatoms. The van der Waals surface area contributed by atoms with Crippen molar-refractivity contribution >= 4 is 61.5 Å². The zero-order valence-corrected chi connectivity index (χ0v) is 19.7. The molecule has 0 spiro atoms. The molecule has 29 heavy (non-hydrogen) atoms. The Bertz CT molecular complexity index is 954. The number of halogens is 1. The molecule has 2 aromatic rings. The fraction of sp³-hybridized carbons (Fsp3) is 0.474. The molecule has 0 saturated carbocycles. The van der Waals surface area contributed by atoms with E-state index >= 15 is 0 Å². The summed E-state index contributed by atoms with van der Waals surface area (Å²) in [6, 6.07) is 0. The van der Waals surface area contributed by atoms with Gasteiger partial charge < -0.3 is 10.1 Å². The fourth-order valence-electron chi connectivity index (χ4n) is 3.27. The summed E-state index contributed by atoms with van der Waals surface area (Å²) in [6.07, 6.45) is 4.53. The third kappa shape index (κ3) is 4.87. The molecule has 7 nitrogen and oxygen atoms in total. The number of nitrogens with one attached hydrogen (secondary N) is 2. The number of rotatable bonds is 5. The number of aromatic nitrogens is 2. The summed E-state index contributed by atoms with van der Waals surface area (Å²) in [5.74, 6) is -0.212. The highest BCUT2D eigenvalue weighted by molar-refractivity contribution is 9.10. The molecule has 2 aromatic heterocycles. The van der Waals surface area contributed by atoms with E-state index < -0.39 is 5.91 Å². The lowest BCUT2D eigenvalue weighted by molar-refractivity contribution is 0.0526. The smallest absolute Gasteiger partial charge is 0.341 e. The number of anilines is 1. The van der Waals surface area contributed by atoms with Crippen LogP contribution in [0.1, 0.15) is 58.5 Å². The Morgan fingerprint density at radius 1 is 1.45 bits per heavy atom. The van der Waals surface area contributed by atoms with Gasteiger partial charge in [0.15, 0.2) is 10.8 Å². The number of fused-ring (bicyclic) bond motifs is 1. The minimum absolute atomic E-state index is 0.116. The number of nitrogens with zero attached hydrogens (tertiary/aromatic N) is 2. The van der Waals surface area contributed by atoms with Crippen molar-refractivity contribution < 1.29 is 14.3 Å². The summed E-state index contributed by atoms with van der Waals surface area (Å²) < 4.78 is 7.51. The van der Waals surface area contributed by atoms with Crippen LogP contribution in [-0.2, 0) is 24.1 Å². The van der Waals surface area contributed by atoms with E-state index in [4.69, 9.17) is 17.0 Å². The van der Waals surface area contributed by atoms with Crippen molar-refractivity contribution in [2.75, 3.05) is 11.9 Å². The minimum Gasteiger partial charge on any atom is -0.462 e. The van der Waals surface area contributed by atoms with E-state index in [9.17, 15) is 9.59 Å². The SMILES string of the molecule is CCOC(=O)c1c(NC(=S)NC(=O)c2nn(CC)cc2Br)sc2c1CC[C@@H](C)C2. The molecule has 1 atom stereocenters. The van der Waals surface area contributed by atoms with Gasteiger partial charge in [-0.1, -0.05) is 6.92 Å². The van der Waals surface area contributed by atoms with Gasteiger partial charge in [0.2, 0.25) is 0 Å². The number of carbonyl (C=O) groups excluding carboxylic acids is 2. The van der Waals surface area contributed by atoms with E-state index in [0.29, 0.717) is 34.1 Å². The second kappa shape index (κ2) is 9.36. The molecule has 0 saturated heterocycles. The van der Waals surface area contributed by atoms with Gasteiger partial charge in [0.1, 0.15) is 5.00 Å². The van der Waals surface area contributed by atoms with Gasteiger partial charge in [0, 0.05) is 17.6 Å². The number of esters is 1. The molecule has 0 radical (unpaired) electrons. The van der Waals surface area contributed by atoms with Crippen LogP contribution < -0.4 is 10.6 Å². The Kier molecular flexibility index (Phi) is 7.07. The van der Waals surface area contributed by atoms with Crippen LogP contribution in [-0.4, -0.2) is 33.4 Å². The standard InChI is InChI=1S/C19H23BrN4O3S2/c1-4-24-9-12(20)15(23-24)16(25)21-19(28)22-17-14(18(26)27-5-2)11-7-6-10(3)8-13(11)29-17/h9-10H,4-8H2,1-3H3,(H2,21,22,25,28)/t10-/m1/s1. The molecule has 0 aromatic carbocycles. The second-order valence-corrected chi connectivity index (χ2v) is 9.23.